The first kappa shape index (κ1) is 7.10. The van der Waals surface area contributed by atoms with Crippen LogP contribution in [-0.2, 0) is 9.53 Å². The van der Waals surface area contributed by atoms with Crippen molar-refractivity contribution in [3.8, 4) is 0 Å². The average Bonchev–Trinajstić information content (AvgIpc) is 2.62. The van der Waals surface area contributed by atoms with E-state index >= 15 is 0 Å². The Morgan fingerprint density at radius 3 is 2.82 bits per heavy atom. The van der Waals surface area contributed by atoms with Gasteiger partial charge in [0.05, 0.1) is 7.11 Å². The van der Waals surface area contributed by atoms with Gasteiger partial charge in [0.25, 0.3) is 0 Å². The summed E-state index contributed by atoms with van der Waals surface area (Å²) in [6, 6.07) is 0.586. The highest BCUT2D eigenvalue weighted by Gasteiger charge is 2.43. The molecule has 0 radical (unpaired) electrons. The Balaban J connectivity index is 2.02. The van der Waals surface area contributed by atoms with Crippen LogP contribution < -0.4 is 5.32 Å². The zero-order chi connectivity index (χ0) is 7.84. The summed E-state index contributed by atoms with van der Waals surface area (Å²) in [6.45, 7) is 0. The van der Waals surface area contributed by atoms with Crippen molar-refractivity contribution in [2.24, 2.45) is 5.92 Å². The van der Waals surface area contributed by atoms with E-state index in [-0.39, 0.29) is 12.0 Å². The van der Waals surface area contributed by atoms with Gasteiger partial charge < -0.3 is 10.1 Å². The first-order chi connectivity index (χ1) is 5.31. The second kappa shape index (κ2) is 2.48. The van der Waals surface area contributed by atoms with Gasteiger partial charge >= 0.3 is 5.97 Å². The van der Waals surface area contributed by atoms with Gasteiger partial charge in [-0.1, -0.05) is 0 Å². The van der Waals surface area contributed by atoms with Crippen molar-refractivity contribution in [1.82, 2.24) is 5.32 Å². The topological polar surface area (TPSA) is 38.3 Å². The third kappa shape index (κ3) is 1.03. The molecule has 2 rings (SSSR count). The molecular weight excluding hydrogens is 142 g/mol. The molecule has 11 heavy (non-hydrogen) atoms. The Labute approximate surface area is 66.1 Å². The quantitative estimate of drug-likeness (QED) is 0.553. The third-order valence-corrected chi connectivity index (χ3v) is 2.81. The molecule has 2 fully saturated rings. The molecule has 1 saturated heterocycles. The summed E-state index contributed by atoms with van der Waals surface area (Å²) in [5.41, 5.74) is 0. The van der Waals surface area contributed by atoms with Crippen LogP contribution in [0.2, 0.25) is 0 Å². The predicted molar refractivity (Wildman–Crippen MR) is 40.1 cm³/mol. The maximum Gasteiger partial charge on any atom is 0.323 e. The van der Waals surface area contributed by atoms with Crippen LogP contribution in [0.5, 0.6) is 0 Å². The van der Waals surface area contributed by atoms with Crippen LogP contribution in [0.25, 0.3) is 0 Å². The maximum absolute atomic E-state index is 11.1. The van der Waals surface area contributed by atoms with Gasteiger partial charge in [-0.05, 0) is 25.2 Å². The first-order valence-electron chi connectivity index (χ1n) is 4.15. The van der Waals surface area contributed by atoms with Crippen LogP contribution >= 0.6 is 0 Å². The minimum Gasteiger partial charge on any atom is -0.468 e. The number of fused-ring (bicyclic) bond motifs is 2. The lowest BCUT2D eigenvalue weighted by Crippen LogP contribution is -2.42. The fourth-order valence-electron chi connectivity index (χ4n) is 2.25. The molecule has 1 saturated carbocycles. The predicted octanol–water partition coefficient (Wildman–Crippen LogP) is 0.300. The van der Waals surface area contributed by atoms with Gasteiger partial charge in [-0.25, -0.2) is 0 Å². The molecule has 1 aliphatic heterocycles. The Morgan fingerprint density at radius 2 is 2.36 bits per heavy atom. The lowest BCUT2D eigenvalue weighted by Gasteiger charge is -2.20. The summed E-state index contributed by atoms with van der Waals surface area (Å²) < 4.78 is 4.69. The molecular formula is C8H13NO2. The second-order valence-electron chi connectivity index (χ2n) is 3.44. The van der Waals surface area contributed by atoms with Gasteiger partial charge in [-0.15, -0.1) is 0 Å². The summed E-state index contributed by atoms with van der Waals surface area (Å²) in [4.78, 5) is 11.1. The van der Waals surface area contributed by atoms with Gasteiger partial charge in [0, 0.05) is 6.04 Å². The highest BCUT2D eigenvalue weighted by atomic mass is 16.5. The van der Waals surface area contributed by atoms with E-state index in [4.69, 9.17) is 0 Å². The van der Waals surface area contributed by atoms with Crippen LogP contribution in [0.4, 0.5) is 0 Å². The Kier molecular flexibility index (Phi) is 1.60. The second-order valence-corrected chi connectivity index (χ2v) is 3.44. The van der Waals surface area contributed by atoms with Crippen molar-refractivity contribution >= 4 is 5.97 Å². The van der Waals surface area contributed by atoms with E-state index in [2.05, 4.69) is 10.1 Å². The zero-order valence-corrected chi connectivity index (χ0v) is 6.67. The highest BCUT2D eigenvalue weighted by Crippen LogP contribution is 2.35. The van der Waals surface area contributed by atoms with E-state index in [9.17, 15) is 4.79 Å². The van der Waals surface area contributed by atoms with Crippen molar-refractivity contribution in [2.45, 2.75) is 31.3 Å². The molecule has 1 N–H and O–H groups in total. The Hall–Kier alpha value is -0.570. The lowest BCUT2D eigenvalue weighted by atomic mass is 10.0. The lowest BCUT2D eigenvalue weighted by molar-refractivity contribution is -0.144. The first-order valence-corrected chi connectivity index (χ1v) is 4.15. The molecule has 2 aliphatic rings. The minimum atomic E-state index is -0.0859. The number of carbonyl (C=O) groups excluding carboxylic acids is 1. The smallest absolute Gasteiger partial charge is 0.323 e. The van der Waals surface area contributed by atoms with E-state index in [1.165, 1.54) is 26.4 Å². The van der Waals surface area contributed by atoms with Gasteiger partial charge in [-0.3, -0.25) is 4.79 Å². The van der Waals surface area contributed by atoms with Crippen LogP contribution in [0.3, 0.4) is 0 Å². The number of nitrogens with one attached hydrogen (secondary N) is 1. The standard InChI is InChI=1S/C8H13NO2/c1-11-8(10)7-5-2-3-6(4-5)9-7/h5-7,9H,2-4H2,1H3/t5-,6?,7?/m1/s1. The zero-order valence-electron chi connectivity index (χ0n) is 6.67. The fraction of sp³-hybridized carbons (Fsp3) is 0.875. The molecule has 3 atom stereocenters. The number of rotatable bonds is 1. The van der Waals surface area contributed by atoms with Crippen LogP contribution in [0.1, 0.15) is 19.3 Å². The summed E-state index contributed by atoms with van der Waals surface area (Å²) in [5, 5.41) is 3.27. The molecule has 2 unspecified atom stereocenters. The Morgan fingerprint density at radius 1 is 1.55 bits per heavy atom. The molecule has 0 spiro atoms. The highest BCUT2D eigenvalue weighted by molar-refractivity contribution is 5.76. The summed E-state index contributed by atoms with van der Waals surface area (Å²) >= 11 is 0. The van der Waals surface area contributed by atoms with Crippen LogP contribution in [0, 0.1) is 5.92 Å². The largest absolute Gasteiger partial charge is 0.468 e. The van der Waals surface area contributed by atoms with Crippen LogP contribution in [0.15, 0.2) is 0 Å². The number of hydrogen-bond acceptors (Lipinski definition) is 3. The monoisotopic (exact) mass is 155 g/mol. The number of carbonyl (C=O) groups is 1. The number of ether oxygens (including phenoxy) is 1. The van der Waals surface area contributed by atoms with E-state index in [1.54, 1.807) is 0 Å². The van der Waals surface area contributed by atoms with E-state index < -0.39 is 0 Å². The van der Waals surface area contributed by atoms with Crippen molar-refractivity contribution in [3.05, 3.63) is 0 Å². The molecule has 1 heterocycles. The molecule has 0 aromatic rings. The van der Waals surface area contributed by atoms with E-state index in [0.717, 1.165) is 0 Å². The average molecular weight is 155 g/mol. The molecule has 0 amide bonds. The summed E-state index contributed by atoms with van der Waals surface area (Å²) in [6.07, 6.45) is 3.59. The molecule has 0 aromatic heterocycles. The fourth-order valence-corrected chi connectivity index (χ4v) is 2.25. The van der Waals surface area contributed by atoms with E-state index in [1.807, 2.05) is 0 Å². The minimum absolute atomic E-state index is 0.00116. The molecule has 2 bridgehead atoms. The Bertz CT molecular complexity index is 181. The molecule has 0 aromatic carbocycles. The SMILES string of the molecule is COC(=O)C1NC2CC[C@@H]1C2. The maximum atomic E-state index is 11.1. The van der Waals surface area contributed by atoms with Gasteiger partial charge in [0.2, 0.25) is 0 Å². The summed E-state index contributed by atoms with van der Waals surface area (Å²) in [5.74, 6) is 0.463. The van der Waals surface area contributed by atoms with E-state index in [0.29, 0.717) is 12.0 Å². The summed E-state index contributed by atoms with van der Waals surface area (Å²) in [7, 11) is 1.45. The number of methoxy groups -OCH3 is 1. The number of esters is 1. The normalized spacial score (nSPS) is 41.0. The molecule has 62 valence electrons. The number of piperidine rings is 1. The molecule has 3 heteroatoms. The van der Waals surface area contributed by atoms with Crippen LogP contribution in [-0.4, -0.2) is 25.2 Å². The van der Waals surface area contributed by atoms with Gasteiger partial charge in [-0.2, -0.15) is 0 Å². The van der Waals surface area contributed by atoms with Crippen molar-refractivity contribution < 1.29 is 9.53 Å². The molecule has 3 nitrogen and oxygen atoms in total. The van der Waals surface area contributed by atoms with Crippen molar-refractivity contribution in [1.29, 1.82) is 0 Å². The van der Waals surface area contributed by atoms with Gasteiger partial charge in [0.15, 0.2) is 0 Å². The molecule has 1 aliphatic carbocycles. The number of hydrogen-bond donors (Lipinski definition) is 1. The third-order valence-electron chi connectivity index (χ3n) is 2.81. The van der Waals surface area contributed by atoms with Crippen molar-refractivity contribution in [3.63, 3.8) is 0 Å². The van der Waals surface area contributed by atoms with Crippen molar-refractivity contribution in [2.75, 3.05) is 7.11 Å². The van der Waals surface area contributed by atoms with Gasteiger partial charge in [0.1, 0.15) is 6.04 Å².